The molecular weight excluding hydrogens is 202 g/mol. The molecule has 0 saturated heterocycles. The lowest BCUT2D eigenvalue weighted by Crippen LogP contribution is -2.26. The average Bonchev–Trinajstić information content (AvgIpc) is 2.17. The molecule has 0 saturated carbocycles. The minimum atomic E-state index is -0.131. The maximum Gasteiger partial charge on any atom is 0.100 e. The van der Waals surface area contributed by atoms with Crippen LogP contribution in [0.5, 0.6) is 0 Å². The summed E-state index contributed by atoms with van der Waals surface area (Å²) in [6.07, 6.45) is 1.81. The highest BCUT2D eigenvalue weighted by Crippen LogP contribution is 2.09. The Morgan fingerprint density at radius 1 is 1.79 bits per heavy atom. The van der Waals surface area contributed by atoms with Gasteiger partial charge >= 0.3 is 0 Å². The van der Waals surface area contributed by atoms with E-state index < -0.39 is 0 Å². The molecule has 1 N–H and O–H groups in total. The monoisotopic (exact) mass is 217 g/mol. The minimum Gasteiger partial charge on any atom is -0.390 e. The third-order valence-corrected chi connectivity index (χ3v) is 2.05. The van der Waals surface area contributed by atoms with E-state index in [4.69, 9.17) is 17.1 Å². The molecule has 14 heavy (non-hydrogen) atoms. The van der Waals surface area contributed by atoms with Gasteiger partial charge in [0.15, 0.2) is 0 Å². The van der Waals surface area contributed by atoms with E-state index in [0.717, 1.165) is 12.2 Å². The molecule has 0 spiro atoms. The first-order valence-corrected chi connectivity index (χ1v) is 4.87. The summed E-state index contributed by atoms with van der Waals surface area (Å²) < 4.78 is 0. The fraction of sp³-hybridized carbons (Fsp3) is 0.750. The number of rotatable bonds is 6. The molecule has 6 heteroatoms. The molecule has 0 rings (SSSR count). The van der Waals surface area contributed by atoms with Crippen LogP contribution in [-0.4, -0.2) is 30.5 Å². The first-order chi connectivity index (χ1) is 6.63. The van der Waals surface area contributed by atoms with Crippen LogP contribution >= 0.6 is 11.6 Å². The lowest BCUT2D eigenvalue weighted by molar-refractivity contribution is 0.395. The lowest BCUT2D eigenvalue weighted by Gasteiger charge is -2.24. The third kappa shape index (κ3) is 4.84. The van der Waals surface area contributed by atoms with Crippen LogP contribution in [0.15, 0.2) is 17.0 Å². The molecule has 80 valence electrons. The average molecular weight is 218 g/mol. The Kier molecular flexibility index (Phi) is 6.80. The topological polar surface area (TPSA) is 64.0 Å². The lowest BCUT2D eigenvalue weighted by atomic mass is 10.4. The molecule has 1 atom stereocenters. The molecule has 0 aliphatic heterocycles. The van der Waals surface area contributed by atoms with E-state index in [0.29, 0.717) is 6.54 Å². The number of nitrogens with one attached hydrogen (secondary N) is 1. The second kappa shape index (κ2) is 7.35. The van der Waals surface area contributed by atoms with Crippen molar-refractivity contribution in [3.05, 3.63) is 22.3 Å². The third-order valence-electron chi connectivity index (χ3n) is 1.76. The van der Waals surface area contributed by atoms with E-state index in [1.54, 1.807) is 0 Å². The first-order valence-electron chi connectivity index (χ1n) is 4.43. The number of halogens is 1. The predicted octanol–water partition coefficient (Wildman–Crippen LogP) is 2.26. The van der Waals surface area contributed by atoms with Crippen LogP contribution in [-0.2, 0) is 0 Å². The van der Waals surface area contributed by atoms with Crippen LogP contribution in [0.25, 0.3) is 10.4 Å². The van der Waals surface area contributed by atoms with E-state index in [9.17, 15) is 0 Å². The van der Waals surface area contributed by atoms with E-state index in [-0.39, 0.29) is 5.50 Å². The van der Waals surface area contributed by atoms with Gasteiger partial charge in [0.25, 0.3) is 0 Å². The molecule has 0 radical (unpaired) electrons. The van der Waals surface area contributed by atoms with Crippen LogP contribution in [0.1, 0.15) is 13.8 Å². The second-order valence-corrected chi connectivity index (χ2v) is 3.40. The summed E-state index contributed by atoms with van der Waals surface area (Å²) in [5.41, 5.74) is 8.96. The molecule has 0 amide bonds. The zero-order valence-corrected chi connectivity index (χ0v) is 9.49. The Bertz CT molecular complexity index is 232. The van der Waals surface area contributed by atoms with Crippen molar-refractivity contribution in [1.82, 2.24) is 10.2 Å². The predicted molar refractivity (Wildman–Crippen MR) is 58.9 cm³/mol. The summed E-state index contributed by atoms with van der Waals surface area (Å²) in [5, 5.41) is 6.55. The van der Waals surface area contributed by atoms with Crippen molar-refractivity contribution in [2.24, 2.45) is 5.11 Å². The van der Waals surface area contributed by atoms with Gasteiger partial charge in [-0.15, -0.1) is 0 Å². The summed E-state index contributed by atoms with van der Waals surface area (Å²) in [4.78, 5) is 4.56. The van der Waals surface area contributed by atoms with Crippen molar-refractivity contribution >= 4 is 11.6 Å². The summed E-state index contributed by atoms with van der Waals surface area (Å²) in [7, 11) is 1.85. The summed E-state index contributed by atoms with van der Waals surface area (Å²) in [6.45, 7) is 4.98. The van der Waals surface area contributed by atoms with Gasteiger partial charge in [0.2, 0.25) is 0 Å². The van der Waals surface area contributed by atoms with Crippen LogP contribution in [0.3, 0.4) is 0 Å². The van der Waals surface area contributed by atoms with Gasteiger partial charge in [0, 0.05) is 30.4 Å². The van der Waals surface area contributed by atoms with Crippen molar-refractivity contribution in [2.45, 2.75) is 19.3 Å². The smallest absolute Gasteiger partial charge is 0.100 e. The van der Waals surface area contributed by atoms with E-state index in [2.05, 4.69) is 15.3 Å². The van der Waals surface area contributed by atoms with Crippen molar-refractivity contribution in [1.29, 1.82) is 0 Å². The van der Waals surface area contributed by atoms with Gasteiger partial charge in [0.1, 0.15) is 5.50 Å². The largest absolute Gasteiger partial charge is 0.390 e. The molecule has 1 unspecified atom stereocenters. The molecule has 0 bridgehead atoms. The summed E-state index contributed by atoms with van der Waals surface area (Å²) in [6, 6.07) is 0. The molecule has 0 fully saturated rings. The SMILES string of the molecule is CCN/C=C(/CN=[N+]=[N-])N(C)C(C)Cl. The highest BCUT2D eigenvalue weighted by atomic mass is 35.5. The number of hydrogen-bond acceptors (Lipinski definition) is 3. The van der Waals surface area contributed by atoms with E-state index >= 15 is 0 Å². The quantitative estimate of drug-likeness (QED) is 0.244. The minimum absolute atomic E-state index is 0.131. The highest BCUT2D eigenvalue weighted by molar-refractivity contribution is 6.20. The Hall–Kier alpha value is -1.06. The van der Waals surface area contributed by atoms with Crippen LogP contribution in [0, 0.1) is 0 Å². The Morgan fingerprint density at radius 3 is 2.86 bits per heavy atom. The van der Waals surface area contributed by atoms with E-state index in [1.165, 1.54) is 0 Å². The maximum atomic E-state index is 8.22. The zero-order chi connectivity index (χ0) is 11.0. The first kappa shape index (κ1) is 12.9. The number of azide groups is 1. The van der Waals surface area contributed by atoms with Gasteiger partial charge in [-0.3, -0.25) is 0 Å². The van der Waals surface area contributed by atoms with Gasteiger partial charge in [-0.1, -0.05) is 16.7 Å². The van der Waals surface area contributed by atoms with Crippen molar-refractivity contribution < 1.29 is 0 Å². The van der Waals surface area contributed by atoms with E-state index in [1.807, 2.05) is 32.0 Å². The molecular formula is C8H16ClN5. The Labute approximate surface area is 89.4 Å². The number of likely N-dealkylation sites (N-methyl/N-ethyl adjacent to an activating group) is 1. The number of alkyl halides is 1. The highest BCUT2D eigenvalue weighted by Gasteiger charge is 2.08. The van der Waals surface area contributed by atoms with Gasteiger partial charge in [0.05, 0.1) is 6.54 Å². The van der Waals surface area contributed by atoms with Crippen molar-refractivity contribution in [2.75, 3.05) is 20.1 Å². The standard InChI is InChI=1S/C8H16ClN5/c1-4-11-5-8(6-12-13-10)14(3)7(2)9/h5,7,11H,4,6H2,1-3H3/b8-5-. The molecule has 0 aromatic carbocycles. The van der Waals surface area contributed by atoms with Crippen LogP contribution in [0.2, 0.25) is 0 Å². The molecule has 0 aliphatic rings. The Morgan fingerprint density at radius 2 is 2.43 bits per heavy atom. The molecule has 5 nitrogen and oxygen atoms in total. The second-order valence-electron chi connectivity index (χ2n) is 2.77. The molecule has 0 aliphatic carbocycles. The van der Waals surface area contributed by atoms with Gasteiger partial charge in [-0.2, -0.15) is 0 Å². The number of nitrogens with zero attached hydrogens (tertiary/aromatic N) is 4. The molecule has 0 heterocycles. The zero-order valence-electron chi connectivity index (χ0n) is 8.74. The fourth-order valence-electron chi connectivity index (χ4n) is 0.811. The van der Waals surface area contributed by atoms with Gasteiger partial charge < -0.3 is 10.2 Å². The van der Waals surface area contributed by atoms with Gasteiger partial charge in [-0.25, -0.2) is 0 Å². The number of hydrogen-bond donors (Lipinski definition) is 1. The normalized spacial score (nSPS) is 13.0. The van der Waals surface area contributed by atoms with Gasteiger partial charge in [-0.05, 0) is 19.4 Å². The maximum absolute atomic E-state index is 8.22. The van der Waals surface area contributed by atoms with Crippen molar-refractivity contribution in [3.8, 4) is 0 Å². The summed E-state index contributed by atoms with van der Waals surface area (Å²) in [5.74, 6) is 0. The van der Waals surface area contributed by atoms with Crippen LogP contribution in [0.4, 0.5) is 0 Å². The fourth-order valence-corrected chi connectivity index (χ4v) is 0.937. The molecule has 0 aromatic rings. The van der Waals surface area contributed by atoms with Crippen LogP contribution < -0.4 is 5.32 Å². The van der Waals surface area contributed by atoms with Crippen molar-refractivity contribution in [3.63, 3.8) is 0 Å². The Balaban J connectivity index is 4.44. The summed E-state index contributed by atoms with van der Waals surface area (Å²) >= 11 is 5.90. The molecule has 0 aromatic heterocycles.